The summed E-state index contributed by atoms with van der Waals surface area (Å²) in [6, 6.07) is 11.3. The number of rotatable bonds is 3. The highest BCUT2D eigenvalue weighted by Gasteiger charge is 2.26. The first-order chi connectivity index (χ1) is 9.17. The third-order valence-electron chi connectivity index (χ3n) is 3.02. The molecule has 0 radical (unpaired) electrons. The van der Waals surface area contributed by atoms with Gasteiger partial charge >= 0.3 is 0 Å². The fourth-order valence-corrected chi connectivity index (χ4v) is 5.51. The van der Waals surface area contributed by atoms with Crippen LogP contribution in [0.1, 0.15) is 18.0 Å². The van der Waals surface area contributed by atoms with Gasteiger partial charge in [0, 0.05) is 10.9 Å². The number of fused-ring (bicyclic) bond motifs is 1. The SMILES string of the molecule is O=S(=O)(NC1CCSc2ccccc21)c1cccs1. The van der Waals surface area contributed by atoms with Gasteiger partial charge in [-0.15, -0.1) is 23.1 Å². The van der Waals surface area contributed by atoms with Gasteiger partial charge in [0.15, 0.2) is 0 Å². The fraction of sp³-hybridized carbons (Fsp3) is 0.231. The van der Waals surface area contributed by atoms with Gasteiger partial charge in [-0.05, 0) is 35.2 Å². The third kappa shape index (κ3) is 2.72. The molecule has 0 saturated carbocycles. The molecule has 19 heavy (non-hydrogen) atoms. The van der Waals surface area contributed by atoms with Crippen molar-refractivity contribution in [2.45, 2.75) is 21.6 Å². The molecule has 1 aromatic heterocycles. The van der Waals surface area contributed by atoms with Gasteiger partial charge in [0.05, 0.1) is 0 Å². The van der Waals surface area contributed by atoms with Crippen LogP contribution in [0.5, 0.6) is 0 Å². The highest BCUT2D eigenvalue weighted by molar-refractivity contribution is 7.99. The highest BCUT2D eigenvalue weighted by Crippen LogP contribution is 2.36. The van der Waals surface area contributed by atoms with E-state index in [1.54, 1.807) is 29.3 Å². The van der Waals surface area contributed by atoms with E-state index in [1.165, 1.54) is 16.2 Å². The maximum absolute atomic E-state index is 12.3. The summed E-state index contributed by atoms with van der Waals surface area (Å²) < 4.78 is 27.7. The number of thioether (sulfide) groups is 1. The fourth-order valence-electron chi connectivity index (χ4n) is 2.13. The molecule has 0 fully saturated rings. The largest absolute Gasteiger partial charge is 0.250 e. The van der Waals surface area contributed by atoms with Gasteiger partial charge in [0.2, 0.25) is 0 Å². The first kappa shape index (κ1) is 13.2. The number of sulfonamides is 1. The molecule has 0 bridgehead atoms. The molecule has 6 heteroatoms. The van der Waals surface area contributed by atoms with Crippen molar-refractivity contribution in [3.05, 3.63) is 47.3 Å². The van der Waals surface area contributed by atoms with Gasteiger partial charge in [0.25, 0.3) is 10.0 Å². The van der Waals surface area contributed by atoms with Gasteiger partial charge in [0.1, 0.15) is 4.21 Å². The number of hydrogen-bond acceptors (Lipinski definition) is 4. The quantitative estimate of drug-likeness (QED) is 0.946. The average Bonchev–Trinajstić information content (AvgIpc) is 2.93. The van der Waals surface area contributed by atoms with Crippen molar-refractivity contribution in [2.24, 2.45) is 0 Å². The third-order valence-corrected chi connectivity index (χ3v) is 7.01. The monoisotopic (exact) mass is 311 g/mol. The molecule has 1 atom stereocenters. The van der Waals surface area contributed by atoms with Gasteiger partial charge in [-0.25, -0.2) is 13.1 Å². The molecule has 1 aliphatic rings. The Morgan fingerprint density at radius 3 is 2.79 bits per heavy atom. The molecule has 1 aromatic carbocycles. The van der Waals surface area contributed by atoms with Crippen LogP contribution >= 0.6 is 23.1 Å². The molecule has 0 aliphatic carbocycles. The van der Waals surface area contributed by atoms with E-state index >= 15 is 0 Å². The number of thiophene rings is 1. The molecule has 100 valence electrons. The molecule has 2 aromatic rings. The molecule has 1 unspecified atom stereocenters. The topological polar surface area (TPSA) is 46.2 Å². The van der Waals surface area contributed by atoms with Crippen molar-refractivity contribution in [1.82, 2.24) is 4.72 Å². The Morgan fingerprint density at radius 1 is 1.16 bits per heavy atom. The minimum atomic E-state index is -3.40. The van der Waals surface area contributed by atoms with E-state index < -0.39 is 10.0 Å². The number of benzene rings is 1. The molecule has 0 spiro atoms. The smallest absolute Gasteiger partial charge is 0.206 e. The summed E-state index contributed by atoms with van der Waals surface area (Å²) in [5.41, 5.74) is 1.08. The summed E-state index contributed by atoms with van der Waals surface area (Å²) in [6.07, 6.45) is 0.826. The maximum atomic E-state index is 12.3. The molecule has 0 saturated heterocycles. The molecule has 3 nitrogen and oxygen atoms in total. The predicted octanol–water partition coefficient (Wildman–Crippen LogP) is 3.26. The van der Waals surface area contributed by atoms with Crippen LogP contribution < -0.4 is 4.72 Å². The van der Waals surface area contributed by atoms with Crippen LogP contribution in [0.15, 0.2) is 50.9 Å². The zero-order valence-electron chi connectivity index (χ0n) is 10.1. The molecular formula is C13H13NO2S3. The minimum absolute atomic E-state index is 0.121. The van der Waals surface area contributed by atoms with Crippen molar-refractivity contribution in [2.75, 3.05) is 5.75 Å². The first-order valence-corrected chi connectivity index (χ1v) is 9.29. The van der Waals surface area contributed by atoms with E-state index in [1.807, 2.05) is 24.3 Å². The van der Waals surface area contributed by atoms with Crippen molar-refractivity contribution < 1.29 is 8.42 Å². The Labute approximate surface area is 121 Å². The molecular weight excluding hydrogens is 298 g/mol. The van der Waals surface area contributed by atoms with Gasteiger partial charge in [-0.1, -0.05) is 24.3 Å². The van der Waals surface area contributed by atoms with Crippen LogP contribution in [0.25, 0.3) is 0 Å². The van der Waals surface area contributed by atoms with Crippen LogP contribution in [0, 0.1) is 0 Å². The van der Waals surface area contributed by atoms with Crippen molar-refractivity contribution in [3.8, 4) is 0 Å². The van der Waals surface area contributed by atoms with Gasteiger partial charge in [-0.3, -0.25) is 0 Å². The normalized spacial score (nSPS) is 19.1. The number of hydrogen-bond donors (Lipinski definition) is 1. The van der Waals surface area contributed by atoms with Gasteiger partial charge in [-0.2, -0.15) is 0 Å². The van der Waals surface area contributed by atoms with Gasteiger partial charge < -0.3 is 0 Å². The Kier molecular flexibility index (Phi) is 3.66. The molecule has 1 N–H and O–H groups in total. The summed E-state index contributed by atoms with van der Waals surface area (Å²) in [4.78, 5) is 1.17. The first-order valence-electron chi connectivity index (χ1n) is 5.94. The lowest BCUT2D eigenvalue weighted by Gasteiger charge is -2.25. The lowest BCUT2D eigenvalue weighted by atomic mass is 10.1. The predicted molar refractivity (Wildman–Crippen MR) is 79.2 cm³/mol. The molecule has 1 aliphatic heterocycles. The van der Waals surface area contributed by atoms with Crippen molar-refractivity contribution in [3.63, 3.8) is 0 Å². The zero-order valence-corrected chi connectivity index (χ0v) is 12.5. The van der Waals surface area contributed by atoms with Crippen LogP contribution in [0.3, 0.4) is 0 Å². The second-order valence-electron chi connectivity index (χ2n) is 4.28. The maximum Gasteiger partial charge on any atom is 0.250 e. The Bertz CT molecular complexity index is 665. The van der Waals surface area contributed by atoms with E-state index in [4.69, 9.17) is 0 Å². The lowest BCUT2D eigenvalue weighted by molar-refractivity contribution is 0.548. The minimum Gasteiger partial charge on any atom is -0.206 e. The van der Waals surface area contributed by atoms with Crippen molar-refractivity contribution in [1.29, 1.82) is 0 Å². The Balaban J connectivity index is 1.90. The summed E-state index contributed by atoms with van der Waals surface area (Å²) in [7, 11) is -3.40. The second-order valence-corrected chi connectivity index (χ2v) is 8.31. The van der Waals surface area contributed by atoms with Crippen molar-refractivity contribution >= 4 is 33.1 Å². The summed E-state index contributed by atoms with van der Waals surface area (Å²) in [6.45, 7) is 0. The molecule has 3 rings (SSSR count). The van der Waals surface area contributed by atoms with E-state index in [2.05, 4.69) is 4.72 Å². The average molecular weight is 311 g/mol. The molecule has 0 amide bonds. The van der Waals surface area contributed by atoms with E-state index in [0.29, 0.717) is 4.21 Å². The highest BCUT2D eigenvalue weighted by atomic mass is 32.2. The Hall–Kier alpha value is -0.820. The molecule has 2 heterocycles. The van der Waals surface area contributed by atoms with E-state index in [9.17, 15) is 8.42 Å². The zero-order chi connectivity index (χ0) is 13.3. The lowest BCUT2D eigenvalue weighted by Crippen LogP contribution is -2.30. The number of nitrogens with one attached hydrogen (secondary N) is 1. The second kappa shape index (κ2) is 5.28. The standard InChI is InChI=1S/C13H13NO2S3/c15-19(16,13-6-3-8-18-13)14-11-7-9-17-12-5-2-1-4-10(11)12/h1-6,8,11,14H,7,9H2. The summed E-state index contributed by atoms with van der Waals surface area (Å²) in [5.74, 6) is 0.939. The summed E-state index contributed by atoms with van der Waals surface area (Å²) in [5, 5.41) is 1.78. The van der Waals surface area contributed by atoms with Crippen LogP contribution in [-0.2, 0) is 10.0 Å². The van der Waals surface area contributed by atoms with Crippen LogP contribution in [0.2, 0.25) is 0 Å². The van der Waals surface area contributed by atoms with E-state index in [0.717, 1.165) is 17.7 Å². The Morgan fingerprint density at radius 2 is 2.00 bits per heavy atom. The van der Waals surface area contributed by atoms with E-state index in [-0.39, 0.29) is 6.04 Å². The van der Waals surface area contributed by atoms with Crippen LogP contribution in [-0.4, -0.2) is 14.2 Å². The summed E-state index contributed by atoms with van der Waals surface area (Å²) >= 11 is 3.03. The van der Waals surface area contributed by atoms with Crippen LogP contribution in [0.4, 0.5) is 0 Å².